The van der Waals surface area contributed by atoms with Crippen molar-refractivity contribution in [2.75, 3.05) is 6.61 Å². The van der Waals surface area contributed by atoms with Crippen LogP contribution in [0.5, 0.6) is 0 Å². The SMILES string of the molecule is O=C(O)C1COC2(CCCCC2)N1C(=O)c1cccc(Cl)c1. The molecule has 1 heterocycles. The van der Waals surface area contributed by atoms with E-state index >= 15 is 0 Å². The molecule has 1 aromatic carbocycles. The lowest BCUT2D eigenvalue weighted by Gasteiger charge is -2.41. The maximum Gasteiger partial charge on any atom is 0.328 e. The fraction of sp³-hybridized carbons (Fsp3) is 0.500. The molecule has 1 saturated carbocycles. The van der Waals surface area contributed by atoms with Crippen LogP contribution in [-0.2, 0) is 9.53 Å². The lowest BCUT2D eigenvalue weighted by Crippen LogP contribution is -2.54. The van der Waals surface area contributed by atoms with E-state index in [1.165, 1.54) is 4.90 Å². The molecule has 2 fully saturated rings. The van der Waals surface area contributed by atoms with E-state index in [2.05, 4.69) is 0 Å². The second-order valence-corrected chi connectivity index (χ2v) is 6.29. The standard InChI is InChI=1S/C16H18ClNO4/c17-12-6-4-5-11(9-12)14(19)18-13(15(20)21)10-22-16(18)7-2-1-3-8-16/h4-6,9,13H,1-3,7-8,10H2,(H,20,21). The van der Waals surface area contributed by atoms with Crippen molar-refractivity contribution in [1.82, 2.24) is 4.90 Å². The number of rotatable bonds is 2. The molecule has 1 unspecified atom stereocenters. The maximum atomic E-state index is 12.9. The highest BCUT2D eigenvalue weighted by Crippen LogP contribution is 2.41. The highest BCUT2D eigenvalue weighted by atomic mass is 35.5. The van der Waals surface area contributed by atoms with Gasteiger partial charge in [0.2, 0.25) is 0 Å². The van der Waals surface area contributed by atoms with Gasteiger partial charge in [-0.1, -0.05) is 24.1 Å². The average Bonchev–Trinajstić information content (AvgIpc) is 2.86. The molecule has 1 spiro atoms. The van der Waals surface area contributed by atoms with Crippen molar-refractivity contribution in [3.8, 4) is 0 Å². The highest BCUT2D eigenvalue weighted by molar-refractivity contribution is 6.31. The third-order valence-corrected chi connectivity index (χ3v) is 4.71. The predicted molar refractivity (Wildman–Crippen MR) is 80.8 cm³/mol. The van der Waals surface area contributed by atoms with E-state index in [-0.39, 0.29) is 12.5 Å². The molecule has 22 heavy (non-hydrogen) atoms. The maximum absolute atomic E-state index is 12.9. The van der Waals surface area contributed by atoms with Gasteiger partial charge in [-0.15, -0.1) is 0 Å². The van der Waals surface area contributed by atoms with E-state index in [4.69, 9.17) is 16.3 Å². The average molecular weight is 324 g/mol. The van der Waals surface area contributed by atoms with Crippen LogP contribution < -0.4 is 0 Å². The number of nitrogens with zero attached hydrogens (tertiary/aromatic N) is 1. The van der Waals surface area contributed by atoms with Crippen molar-refractivity contribution in [2.24, 2.45) is 0 Å². The minimum Gasteiger partial charge on any atom is -0.480 e. The van der Waals surface area contributed by atoms with Crippen molar-refractivity contribution >= 4 is 23.5 Å². The Hall–Kier alpha value is -1.59. The second-order valence-electron chi connectivity index (χ2n) is 5.86. The summed E-state index contributed by atoms with van der Waals surface area (Å²) in [6, 6.07) is 5.66. The molecule has 5 nitrogen and oxygen atoms in total. The number of carbonyl (C=O) groups is 2. The van der Waals surface area contributed by atoms with E-state index in [1.54, 1.807) is 24.3 Å². The van der Waals surface area contributed by atoms with E-state index in [1.807, 2.05) is 0 Å². The summed E-state index contributed by atoms with van der Waals surface area (Å²) in [5, 5.41) is 9.90. The third kappa shape index (κ3) is 2.59. The van der Waals surface area contributed by atoms with Crippen LogP contribution in [0.3, 0.4) is 0 Å². The van der Waals surface area contributed by atoms with Gasteiger partial charge >= 0.3 is 5.97 Å². The number of ether oxygens (including phenoxy) is 1. The highest BCUT2D eigenvalue weighted by Gasteiger charge is 2.53. The molecule has 1 aliphatic heterocycles. The van der Waals surface area contributed by atoms with Crippen molar-refractivity contribution in [1.29, 1.82) is 0 Å². The van der Waals surface area contributed by atoms with Gasteiger partial charge in [0, 0.05) is 10.6 Å². The topological polar surface area (TPSA) is 66.8 Å². The zero-order valence-electron chi connectivity index (χ0n) is 12.1. The minimum atomic E-state index is -1.03. The Morgan fingerprint density at radius 2 is 2.00 bits per heavy atom. The van der Waals surface area contributed by atoms with Crippen LogP contribution in [0.25, 0.3) is 0 Å². The summed E-state index contributed by atoms with van der Waals surface area (Å²) in [5.74, 6) is -1.35. The van der Waals surface area contributed by atoms with Crippen LogP contribution in [0.1, 0.15) is 42.5 Å². The number of halogens is 1. The van der Waals surface area contributed by atoms with Crippen LogP contribution >= 0.6 is 11.6 Å². The number of carboxylic acids is 1. The summed E-state index contributed by atoms with van der Waals surface area (Å²) in [7, 11) is 0. The molecule has 2 aliphatic rings. The first-order valence-corrected chi connectivity index (χ1v) is 7.87. The second kappa shape index (κ2) is 5.89. The quantitative estimate of drug-likeness (QED) is 0.908. The normalized spacial score (nSPS) is 23.7. The van der Waals surface area contributed by atoms with Gasteiger partial charge in [-0.25, -0.2) is 4.79 Å². The fourth-order valence-electron chi connectivity index (χ4n) is 3.42. The first kappa shape index (κ1) is 15.3. The Morgan fingerprint density at radius 1 is 1.27 bits per heavy atom. The summed E-state index contributed by atoms with van der Waals surface area (Å²) >= 11 is 5.95. The smallest absolute Gasteiger partial charge is 0.328 e. The lowest BCUT2D eigenvalue weighted by molar-refractivity contribution is -0.143. The van der Waals surface area contributed by atoms with Crippen molar-refractivity contribution in [3.63, 3.8) is 0 Å². The molecular weight excluding hydrogens is 306 g/mol. The largest absolute Gasteiger partial charge is 0.480 e. The first-order valence-electron chi connectivity index (χ1n) is 7.49. The van der Waals surface area contributed by atoms with Gasteiger partial charge in [0.05, 0.1) is 6.61 Å². The number of amides is 1. The van der Waals surface area contributed by atoms with E-state index in [0.717, 1.165) is 19.3 Å². The number of carboxylic acid groups (broad SMARTS) is 1. The molecule has 0 aromatic heterocycles. The Labute approximate surface area is 133 Å². The summed E-state index contributed by atoms with van der Waals surface area (Å²) in [6.07, 6.45) is 4.32. The lowest BCUT2D eigenvalue weighted by atomic mass is 9.89. The van der Waals surface area contributed by atoms with Crippen LogP contribution in [0.4, 0.5) is 0 Å². The van der Waals surface area contributed by atoms with Crippen molar-refractivity contribution in [3.05, 3.63) is 34.9 Å². The van der Waals surface area contributed by atoms with Gasteiger partial charge in [0.15, 0.2) is 6.04 Å². The molecule has 0 radical (unpaired) electrons. The molecule has 118 valence electrons. The molecule has 1 aliphatic carbocycles. The molecule has 6 heteroatoms. The number of carbonyl (C=O) groups excluding carboxylic acids is 1. The molecule has 3 rings (SSSR count). The first-order chi connectivity index (χ1) is 10.5. The number of benzene rings is 1. The molecule has 1 amide bonds. The van der Waals surface area contributed by atoms with E-state index < -0.39 is 17.7 Å². The minimum absolute atomic E-state index is 0.0433. The zero-order valence-corrected chi connectivity index (χ0v) is 12.9. The van der Waals surface area contributed by atoms with Gasteiger partial charge in [0.1, 0.15) is 5.72 Å². The van der Waals surface area contributed by atoms with Crippen molar-refractivity contribution < 1.29 is 19.4 Å². The summed E-state index contributed by atoms with van der Waals surface area (Å²) in [5.41, 5.74) is -0.380. The molecule has 1 N–H and O–H groups in total. The fourth-order valence-corrected chi connectivity index (χ4v) is 3.61. The Morgan fingerprint density at radius 3 is 2.64 bits per heavy atom. The van der Waals surface area contributed by atoms with Gasteiger partial charge in [-0.05, 0) is 43.9 Å². The zero-order chi connectivity index (χ0) is 15.7. The molecular formula is C16H18ClNO4. The number of hydrogen-bond acceptors (Lipinski definition) is 3. The van der Waals surface area contributed by atoms with Gasteiger partial charge in [-0.2, -0.15) is 0 Å². The van der Waals surface area contributed by atoms with Crippen LogP contribution in [-0.4, -0.2) is 40.3 Å². The van der Waals surface area contributed by atoms with Crippen LogP contribution in [0.2, 0.25) is 5.02 Å². The molecule has 0 bridgehead atoms. The summed E-state index contributed by atoms with van der Waals surface area (Å²) < 4.78 is 5.83. The Bertz CT molecular complexity index is 598. The van der Waals surface area contributed by atoms with Gasteiger partial charge in [0.25, 0.3) is 5.91 Å². The van der Waals surface area contributed by atoms with Gasteiger partial charge < -0.3 is 9.84 Å². The molecule has 1 atom stereocenters. The Kier molecular flexibility index (Phi) is 4.10. The summed E-state index contributed by atoms with van der Waals surface area (Å²) in [6.45, 7) is 0.0433. The number of hydrogen-bond donors (Lipinski definition) is 1. The molecule has 1 aromatic rings. The summed E-state index contributed by atoms with van der Waals surface area (Å²) in [4.78, 5) is 25.9. The van der Waals surface area contributed by atoms with Crippen LogP contribution in [0.15, 0.2) is 24.3 Å². The predicted octanol–water partition coefficient (Wildman–Crippen LogP) is 2.93. The van der Waals surface area contributed by atoms with Crippen LogP contribution in [0, 0.1) is 0 Å². The van der Waals surface area contributed by atoms with E-state index in [0.29, 0.717) is 23.4 Å². The molecule has 1 saturated heterocycles. The van der Waals surface area contributed by atoms with Crippen molar-refractivity contribution in [2.45, 2.75) is 43.9 Å². The third-order valence-electron chi connectivity index (χ3n) is 4.47. The Balaban J connectivity index is 1.97. The van der Waals surface area contributed by atoms with E-state index in [9.17, 15) is 14.7 Å². The van der Waals surface area contributed by atoms with Gasteiger partial charge in [-0.3, -0.25) is 9.69 Å². The monoisotopic (exact) mass is 323 g/mol. The number of aliphatic carboxylic acids is 1.